The Hall–Kier alpha value is -1.40. The zero-order valence-corrected chi connectivity index (χ0v) is 12.1. The molecule has 3 N–H and O–H groups in total. The summed E-state index contributed by atoms with van der Waals surface area (Å²) < 4.78 is 5.29. The minimum atomic E-state index is 0.395. The quantitative estimate of drug-likeness (QED) is 0.703. The van der Waals surface area contributed by atoms with Gasteiger partial charge in [0, 0.05) is 25.8 Å². The monoisotopic (exact) mass is 267 g/mol. The molecule has 1 rings (SSSR count). The molecule has 108 valence electrons. The molecule has 1 aromatic rings. The van der Waals surface area contributed by atoms with Gasteiger partial charge in [0.05, 0.1) is 0 Å². The summed E-state index contributed by atoms with van der Waals surface area (Å²) in [5.74, 6) is 1.84. The molecule has 1 aromatic heterocycles. The maximum Gasteiger partial charge on any atom is 0.158 e. The summed E-state index contributed by atoms with van der Waals surface area (Å²) >= 11 is 0. The van der Waals surface area contributed by atoms with Crippen LogP contribution >= 0.6 is 0 Å². The third-order valence-corrected chi connectivity index (χ3v) is 2.86. The molecule has 0 aliphatic rings. The van der Waals surface area contributed by atoms with E-state index in [0.717, 1.165) is 32.0 Å². The second kappa shape index (κ2) is 8.66. The van der Waals surface area contributed by atoms with E-state index in [-0.39, 0.29) is 0 Å². The lowest BCUT2D eigenvalue weighted by atomic mass is 10.4. The Bertz CT molecular complexity index is 368. The molecule has 0 saturated heterocycles. The van der Waals surface area contributed by atoms with Crippen LogP contribution in [0.15, 0.2) is 6.07 Å². The van der Waals surface area contributed by atoms with Gasteiger partial charge in [0.2, 0.25) is 0 Å². The molecule has 0 saturated carbocycles. The number of nitrogens with two attached hydrogens (primary N) is 1. The van der Waals surface area contributed by atoms with Gasteiger partial charge in [-0.2, -0.15) is 0 Å². The van der Waals surface area contributed by atoms with E-state index in [1.807, 2.05) is 6.92 Å². The first-order valence-electron chi connectivity index (χ1n) is 6.86. The van der Waals surface area contributed by atoms with Crippen molar-refractivity contribution >= 4 is 11.6 Å². The Labute approximate surface area is 115 Å². The van der Waals surface area contributed by atoms with Crippen LogP contribution in [-0.2, 0) is 11.3 Å². The van der Waals surface area contributed by atoms with Gasteiger partial charge in [-0.15, -0.1) is 0 Å². The molecule has 0 spiro atoms. The van der Waals surface area contributed by atoms with Gasteiger partial charge in [-0.3, -0.25) is 0 Å². The highest BCUT2D eigenvalue weighted by molar-refractivity contribution is 5.44. The van der Waals surface area contributed by atoms with E-state index >= 15 is 0 Å². The Balaban J connectivity index is 2.50. The van der Waals surface area contributed by atoms with Gasteiger partial charge in [0.25, 0.3) is 0 Å². The SMILES string of the molecule is CCOCc1nc(N)cc(NCCN(CC)CC)n1. The number of likely N-dealkylation sites (N-methyl/N-ethyl adjacent to an activating group) is 1. The fourth-order valence-electron chi connectivity index (χ4n) is 1.75. The van der Waals surface area contributed by atoms with Crippen molar-refractivity contribution in [1.29, 1.82) is 0 Å². The number of nitrogens with zero attached hydrogens (tertiary/aromatic N) is 3. The molecule has 6 nitrogen and oxygen atoms in total. The van der Waals surface area contributed by atoms with E-state index in [1.165, 1.54) is 0 Å². The van der Waals surface area contributed by atoms with Crippen LogP contribution in [0.3, 0.4) is 0 Å². The third kappa shape index (κ3) is 5.85. The fraction of sp³-hybridized carbons (Fsp3) is 0.692. The van der Waals surface area contributed by atoms with Gasteiger partial charge in [-0.1, -0.05) is 13.8 Å². The number of nitrogens with one attached hydrogen (secondary N) is 1. The summed E-state index contributed by atoms with van der Waals surface area (Å²) in [4.78, 5) is 10.9. The van der Waals surface area contributed by atoms with E-state index in [0.29, 0.717) is 24.9 Å². The number of hydrogen-bond donors (Lipinski definition) is 2. The predicted molar refractivity (Wildman–Crippen MR) is 78.1 cm³/mol. The first-order valence-corrected chi connectivity index (χ1v) is 6.86. The van der Waals surface area contributed by atoms with Crippen molar-refractivity contribution in [2.24, 2.45) is 0 Å². The lowest BCUT2D eigenvalue weighted by Crippen LogP contribution is -2.28. The molecule has 0 aliphatic carbocycles. The molecule has 0 aliphatic heterocycles. The maximum atomic E-state index is 5.76. The first kappa shape index (κ1) is 15.7. The summed E-state index contributed by atoms with van der Waals surface area (Å²) in [6.07, 6.45) is 0. The average Bonchev–Trinajstić information content (AvgIpc) is 2.41. The molecule has 0 unspecified atom stereocenters. The Morgan fingerprint density at radius 1 is 1.26 bits per heavy atom. The zero-order chi connectivity index (χ0) is 14.1. The topological polar surface area (TPSA) is 76.3 Å². The highest BCUT2D eigenvalue weighted by Gasteiger charge is 2.03. The smallest absolute Gasteiger partial charge is 0.158 e. The minimum Gasteiger partial charge on any atom is -0.384 e. The van der Waals surface area contributed by atoms with Crippen molar-refractivity contribution < 1.29 is 4.74 Å². The van der Waals surface area contributed by atoms with Crippen LogP contribution in [0.25, 0.3) is 0 Å². The molecular formula is C13H25N5O. The van der Waals surface area contributed by atoms with Crippen LogP contribution in [0.5, 0.6) is 0 Å². The van der Waals surface area contributed by atoms with E-state index in [9.17, 15) is 0 Å². The van der Waals surface area contributed by atoms with Gasteiger partial charge in [0.1, 0.15) is 18.2 Å². The number of anilines is 2. The zero-order valence-electron chi connectivity index (χ0n) is 12.1. The van der Waals surface area contributed by atoms with Crippen molar-refractivity contribution in [2.75, 3.05) is 43.8 Å². The lowest BCUT2D eigenvalue weighted by molar-refractivity contribution is 0.128. The summed E-state index contributed by atoms with van der Waals surface area (Å²) in [6.45, 7) is 11.2. The maximum absolute atomic E-state index is 5.76. The van der Waals surface area contributed by atoms with Crippen LogP contribution in [0.2, 0.25) is 0 Å². The summed E-state index contributed by atoms with van der Waals surface area (Å²) in [7, 11) is 0. The molecule has 0 aromatic carbocycles. The van der Waals surface area contributed by atoms with Crippen molar-refractivity contribution in [1.82, 2.24) is 14.9 Å². The lowest BCUT2D eigenvalue weighted by Gasteiger charge is -2.18. The molecule has 0 amide bonds. The van der Waals surface area contributed by atoms with Crippen molar-refractivity contribution in [3.8, 4) is 0 Å². The fourth-order valence-corrected chi connectivity index (χ4v) is 1.75. The molecule has 0 radical (unpaired) electrons. The molecule has 0 bridgehead atoms. The standard InChI is InChI=1S/C13H25N5O/c1-4-18(5-2)8-7-15-12-9-11(14)16-13(17-12)10-19-6-3/h9H,4-8,10H2,1-3H3,(H3,14,15,16,17). The Morgan fingerprint density at radius 3 is 2.63 bits per heavy atom. The van der Waals surface area contributed by atoms with Gasteiger partial charge >= 0.3 is 0 Å². The van der Waals surface area contributed by atoms with Crippen LogP contribution in [0, 0.1) is 0 Å². The Kier molecular flexibility index (Phi) is 7.14. The van der Waals surface area contributed by atoms with Crippen molar-refractivity contribution in [3.63, 3.8) is 0 Å². The van der Waals surface area contributed by atoms with E-state index in [1.54, 1.807) is 6.07 Å². The van der Waals surface area contributed by atoms with Crippen molar-refractivity contribution in [2.45, 2.75) is 27.4 Å². The molecule has 1 heterocycles. The largest absolute Gasteiger partial charge is 0.384 e. The number of nitrogen functional groups attached to an aromatic ring is 1. The predicted octanol–water partition coefficient (Wildman–Crippen LogP) is 1.35. The second-order valence-electron chi connectivity index (χ2n) is 4.19. The second-order valence-corrected chi connectivity index (χ2v) is 4.19. The molecule has 19 heavy (non-hydrogen) atoms. The van der Waals surface area contributed by atoms with E-state index < -0.39 is 0 Å². The number of aromatic nitrogens is 2. The third-order valence-electron chi connectivity index (χ3n) is 2.86. The summed E-state index contributed by atoms with van der Waals surface area (Å²) in [5.41, 5.74) is 5.76. The molecule has 6 heteroatoms. The van der Waals surface area contributed by atoms with Crippen LogP contribution in [0.1, 0.15) is 26.6 Å². The molecule has 0 atom stereocenters. The summed E-state index contributed by atoms with van der Waals surface area (Å²) in [6, 6.07) is 1.75. The highest BCUT2D eigenvalue weighted by atomic mass is 16.5. The van der Waals surface area contributed by atoms with Crippen LogP contribution in [-0.4, -0.2) is 47.7 Å². The van der Waals surface area contributed by atoms with Gasteiger partial charge in [-0.05, 0) is 20.0 Å². The number of hydrogen-bond acceptors (Lipinski definition) is 6. The van der Waals surface area contributed by atoms with Crippen LogP contribution in [0.4, 0.5) is 11.6 Å². The Morgan fingerprint density at radius 2 is 2.00 bits per heavy atom. The molecular weight excluding hydrogens is 242 g/mol. The number of ether oxygens (including phenoxy) is 1. The number of rotatable bonds is 9. The van der Waals surface area contributed by atoms with Gasteiger partial charge in [-0.25, -0.2) is 9.97 Å². The van der Waals surface area contributed by atoms with Gasteiger partial charge in [0.15, 0.2) is 5.82 Å². The van der Waals surface area contributed by atoms with E-state index in [4.69, 9.17) is 10.5 Å². The van der Waals surface area contributed by atoms with Gasteiger partial charge < -0.3 is 20.7 Å². The molecule has 0 fully saturated rings. The summed E-state index contributed by atoms with van der Waals surface area (Å²) in [5, 5.41) is 3.27. The minimum absolute atomic E-state index is 0.395. The van der Waals surface area contributed by atoms with Crippen LogP contribution < -0.4 is 11.1 Å². The highest BCUT2D eigenvalue weighted by Crippen LogP contribution is 2.08. The normalized spacial score (nSPS) is 10.9. The van der Waals surface area contributed by atoms with Crippen molar-refractivity contribution in [3.05, 3.63) is 11.9 Å². The first-order chi connectivity index (χ1) is 9.19. The van der Waals surface area contributed by atoms with E-state index in [2.05, 4.69) is 34.0 Å². The average molecular weight is 267 g/mol.